The molecule has 0 aliphatic carbocycles. The molecule has 1 aromatic carbocycles. The summed E-state index contributed by atoms with van der Waals surface area (Å²) < 4.78 is 0. The fraction of sp³-hybridized carbons (Fsp3) is 0.444. The van der Waals surface area contributed by atoms with E-state index in [1.807, 2.05) is 19.2 Å². The molecule has 0 spiro atoms. The van der Waals surface area contributed by atoms with Crippen molar-refractivity contribution in [2.24, 2.45) is 0 Å². The molecule has 3 rings (SSSR count). The van der Waals surface area contributed by atoms with E-state index in [0.717, 1.165) is 23.7 Å². The second-order valence-electron chi connectivity index (χ2n) is 6.22. The van der Waals surface area contributed by atoms with Crippen LogP contribution < -0.4 is 15.5 Å². The summed E-state index contributed by atoms with van der Waals surface area (Å²) >= 11 is 1.55. The van der Waals surface area contributed by atoms with Crippen molar-refractivity contribution < 1.29 is 4.79 Å². The number of amides is 2. The minimum absolute atomic E-state index is 0.0453. The van der Waals surface area contributed by atoms with Crippen molar-refractivity contribution in [3.8, 4) is 0 Å². The number of anilines is 1. The van der Waals surface area contributed by atoms with Crippen LogP contribution in [0.2, 0.25) is 0 Å². The lowest BCUT2D eigenvalue weighted by molar-refractivity contribution is 0.235. The van der Waals surface area contributed by atoms with Gasteiger partial charge in [-0.05, 0) is 44.4 Å². The van der Waals surface area contributed by atoms with E-state index in [-0.39, 0.29) is 18.1 Å². The molecule has 2 atom stereocenters. The molecule has 1 fully saturated rings. The molecule has 0 saturated carbocycles. The first-order valence-electron chi connectivity index (χ1n) is 8.45. The number of hydrogen-bond donors (Lipinski definition) is 2. The zero-order valence-electron chi connectivity index (χ0n) is 14.2. The van der Waals surface area contributed by atoms with E-state index in [1.54, 1.807) is 17.5 Å². The van der Waals surface area contributed by atoms with Crippen molar-refractivity contribution in [3.05, 3.63) is 46.4 Å². The Labute approximate surface area is 147 Å². The number of benzene rings is 1. The van der Waals surface area contributed by atoms with E-state index in [9.17, 15) is 4.79 Å². The molecule has 128 valence electrons. The Kier molecular flexibility index (Phi) is 5.35. The maximum absolute atomic E-state index is 12.2. The van der Waals surface area contributed by atoms with Crippen molar-refractivity contribution in [2.75, 3.05) is 18.0 Å². The van der Waals surface area contributed by atoms with Crippen molar-refractivity contribution in [2.45, 2.75) is 38.8 Å². The Balaban J connectivity index is 1.58. The summed E-state index contributed by atoms with van der Waals surface area (Å²) in [5, 5.41) is 8.78. The Morgan fingerprint density at radius 1 is 1.21 bits per heavy atom. The lowest BCUT2D eigenvalue weighted by Gasteiger charge is -2.21. The SMILES string of the molecule is C[C@@H](NC(=O)N[C@H](C)c1nccs1)c1cccc(N2CCCC2)c1. The van der Waals surface area contributed by atoms with E-state index >= 15 is 0 Å². The molecule has 0 radical (unpaired) electrons. The minimum Gasteiger partial charge on any atom is -0.372 e. The molecule has 6 heteroatoms. The van der Waals surface area contributed by atoms with Crippen LogP contribution in [0.25, 0.3) is 0 Å². The van der Waals surface area contributed by atoms with Gasteiger partial charge in [-0.1, -0.05) is 12.1 Å². The van der Waals surface area contributed by atoms with Crippen LogP contribution in [0, 0.1) is 0 Å². The van der Waals surface area contributed by atoms with Crippen LogP contribution in [0.5, 0.6) is 0 Å². The quantitative estimate of drug-likeness (QED) is 0.866. The van der Waals surface area contributed by atoms with Gasteiger partial charge in [-0.25, -0.2) is 9.78 Å². The third-order valence-electron chi connectivity index (χ3n) is 4.36. The molecule has 2 heterocycles. The van der Waals surface area contributed by atoms with E-state index in [2.05, 4.69) is 44.8 Å². The summed E-state index contributed by atoms with van der Waals surface area (Å²) in [6, 6.07) is 8.15. The van der Waals surface area contributed by atoms with Crippen LogP contribution in [0.1, 0.15) is 49.3 Å². The molecule has 5 nitrogen and oxygen atoms in total. The van der Waals surface area contributed by atoms with Gasteiger partial charge in [0.2, 0.25) is 0 Å². The number of carbonyl (C=O) groups is 1. The van der Waals surface area contributed by atoms with Gasteiger partial charge in [-0.2, -0.15) is 0 Å². The predicted molar refractivity (Wildman–Crippen MR) is 98.5 cm³/mol. The van der Waals surface area contributed by atoms with Crippen molar-refractivity contribution in [1.82, 2.24) is 15.6 Å². The molecule has 2 aromatic rings. The summed E-state index contributed by atoms with van der Waals surface area (Å²) in [6.07, 6.45) is 4.27. The van der Waals surface area contributed by atoms with E-state index in [4.69, 9.17) is 0 Å². The molecule has 24 heavy (non-hydrogen) atoms. The second kappa shape index (κ2) is 7.66. The van der Waals surface area contributed by atoms with Gasteiger partial charge in [-0.15, -0.1) is 11.3 Å². The Morgan fingerprint density at radius 3 is 2.67 bits per heavy atom. The first-order valence-corrected chi connectivity index (χ1v) is 9.33. The molecule has 1 aliphatic heterocycles. The van der Waals surface area contributed by atoms with Crippen LogP contribution in [-0.4, -0.2) is 24.1 Å². The molecule has 2 N–H and O–H groups in total. The summed E-state index contributed by atoms with van der Waals surface area (Å²) in [5.41, 5.74) is 2.37. The van der Waals surface area contributed by atoms with Crippen molar-refractivity contribution in [1.29, 1.82) is 0 Å². The number of nitrogens with zero attached hydrogens (tertiary/aromatic N) is 2. The molecule has 1 aromatic heterocycles. The van der Waals surface area contributed by atoms with Gasteiger partial charge in [0.25, 0.3) is 0 Å². The number of nitrogens with one attached hydrogen (secondary N) is 2. The molecular weight excluding hydrogens is 320 g/mol. The van der Waals surface area contributed by atoms with Gasteiger partial charge < -0.3 is 15.5 Å². The Morgan fingerprint density at radius 2 is 1.96 bits per heavy atom. The Bertz CT molecular complexity index is 667. The van der Waals surface area contributed by atoms with Crippen LogP contribution in [0.4, 0.5) is 10.5 Å². The third kappa shape index (κ3) is 4.06. The van der Waals surface area contributed by atoms with Gasteiger partial charge in [0.15, 0.2) is 0 Å². The van der Waals surface area contributed by atoms with Gasteiger partial charge in [-0.3, -0.25) is 0 Å². The molecule has 0 bridgehead atoms. The van der Waals surface area contributed by atoms with Crippen LogP contribution in [0.3, 0.4) is 0 Å². The fourth-order valence-electron chi connectivity index (χ4n) is 2.99. The van der Waals surface area contributed by atoms with Crippen LogP contribution >= 0.6 is 11.3 Å². The first-order chi connectivity index (χ1) is 11.6. The number of hydrogen-bond acceptors (Lipinski definition) is 4. The summed E-state index contributed by atoms with van der Waals surface area (Å²) in [5.74, 6) is 0. The van der Waals surface area contributed by atoms with Crippen LogP contribution in [-0.2, 0) is 0 Å². The zero-order valence-corrected chi connectivity index (χ0v) is 15.0. The lowest BCUT2D eigenvalue weighted by atomic mass is 10.1. The summed E-state index contributed by atoms with van der Waals surface area (Å²) in [7, 11) is 0. The lowest BCUT2D eigenvalue weighted by Crippen LogP contribution is -2.38. The molecule has 1 aliphatic rings. The number of urea groups is 1. The van der Waals surface area contributed by atoms with Crippen molar-refractivity contribution in [3.63, 3.8) is 0 Å². The van der Waals surface area contributed by atoms with Gasteiger partial charge in [0.05, 0.1) is 12.1 Å². The largest absolute Gasteiger partial charge is 0.372 e. The summed E-state index contributed by atoms with van der Waals surface area (Å²) in [4.78, 5) is 18.9. The highest BCUT2D eigenvalue weighted by Gasteiger charge is 2.16. The van der Waals surface area contributed by atoms with Gasteiger partial charge in [0.1, 0.15) is 5.01 Å². The standard InChI is InChI=1S/C18H24N4OS/c1-13(20-18(23)21-14(2)17-19-8-11-24-17)15-6-5-7-16(12-15)22-9-3-4-10-22/h5-8,11-14H,3-4,9-10H2,1-2H3,(H2,20,21,23)/t13-,14-/m1/s1. The van der Waals surface area contributed by atoms with E-state index in [0.29, 0.717) is 0 Å². The maximum Gasteiger partial charge on any atom is 0.315 e. The van der Waals surface area contributed by atoms with Crippen LogP contribution in [0.15, 0.2) is 35.8 Å². The number of thiazole rings is 1. The van der Waals surface area contributed by atoms with Gasteiger partial charge in [0, 0.05) is 30.4 Å². The van der Waals surface area contributed by atoms with Gasteiger partial charge >= 0.3 is 6.03 Å². The number of aromatic nitrogens is 1. The van der Waals surface area contributed by atoms with E-state index in [1.165, 1.54) is 18.5 Å². The normalized spacial score (nSPS) is 16.7. The first kappa shape index (κ1) is 16.8. The average Bonchev–Trinajstić information content (AvgIpc) is 3.28. The molecule has 2 amide bonds. The highest BCUT2D eigenvalue weighted by Crippen LogP contribution is 2.24. The predicted octanol–water partition coefficient (Wildman–Crippen LogP) is 3.86. The Hall–Kier alpha value is -2.08. The third-order valence-corrected chi connectivity index (χ3v) is 5.32. The van der Waals surface area contributed by atoms with E-state index < -0.39 is 0 Å². The fourth-order valence-corrected chi connectivity index (χ4v) is 3.64. The van der Waals surface area contributed by atoms with Crippen molar-refractivity contribution >= 4 is 23.1 Å². The minimum atomic E-state index is -0.170. The topological polar surface area (TPSA) is 57.3 Å². The zero-order chi connectivity index (χ0) is 16.9. The summed E-state index contributed by atoms with van der Waals surface area (Å²) in [6.45, 7) is 6.20. The highest BCUT2D eigenvalue weighted by molar-refractivity contribution is 7.09. The average molecular weight is 344 g/mol. The second-order valence-corrected chi connectivity index (χ2v) is 7.15. The monoisotopic (exact) mass is 344 g/mol. The number of rotatable bonds is 5. The number of carbonyl (C=O) groups excluding carboxylic acids is 1. The molecular formula is C18H24N4OS. The molecule has 1 saturated heterocycles. The highest BCUT2D eigenvalue weighted by atomic mass is 32.1. The smallest absolute Gasteiger partial charge is 0.315 e. The maximum atomic E-state index is 12.2. The molecule has 0 unspecified atom stereocenters.